The number of aromatic nitrogens is 4. The van der Waals surface area contributed by atoms with Crippen molar-refractivity contribution in [3.8, 4) is 5.75 Å². The van der Waals surface area contributed by atoms with E-state index < -0.39 is 0 Å². The van der Waals surface area contributed by atoms with Gasteiger partial charge in [0.25, 0.3) is 0 Å². The van der Waals surface area contributed by atoms with Gasteiger partial charge in [-0.05, 0) is 48.8 Å². The smallest absolute Gasteiger partial charge is 0.175 e. The molecule has 0 radical (unpaired) electrons. The minimum atomic E-state index is 0.0578. The number of nitrogens with zero attached hydrogens (tertiary/aromatic N) is 6. The maximum atomic E-state index is 6.72. The molecule has 2 fully saturated rings. The van der Waals surface area contributed by atoms with Gasteiger partial charge >= 0.3 is 0 Å². The Bertz CT molecular complexity index is 1350. The van der Waals surface area contributed by atoms with Crippen molar-refractivity contribution in [3.05, 3.63) is 54.2 Å². The third-order valence-corrected chi connectivity index (χ3v) is 9.91. The van der Waals surface area contributed by atoms with Crippen LogP contribution in [0.5, 0.6) is 5.75 Å². The molecule has 6 heterocycles. The predicted octanol–water partition coefficient (Wildman–Crippen LogP) is 3.47. The Hall–Kier alpha value is -2.99. The summed E-state index contributed by atoms with van der Waals surface area (Å²) in [6, 6.07) is 6.51. The van der Waals surface area contributed by atoms with Crippen LogP contribution in [0.3, 0.4) is 0 Å². The van der Waals surface area contributed by atoms with E-state index in [-0.39, 0.29) is 11.5 Å². The molecule has 3 aromatic rings. The highest BCUT2D eigenvalue weighted by Crippen LogP contribution is 2.50. The minimum Gasteiger partial charge on any atom is -0.486 e. The fraction of sp³-hybridized carbons (Fsp3) is 0.517. The summed E-state index contributed by atoms with van der Waals surface area (Å²) in [6.45, 7) is 4.41. The molecule has 3 aromatic heterocycles. The SMILES string of the molecule is COCOCC1CC2COc3c(Sc4cnc(N5CCC6(CC5)Cc5ncccc5[C@H]6N)cn4)ccnc3N2C1. The zero-order valence-electron chi connectivity index (χ0n) is 22.7. The van der Waals surface area contributed by atoms with Gasteiger partial charge in [0.1, 0.15) is 24.2 Å². The molecular weight excluding hydrogens is 526 g/mol. The van der Waals surface area contributed by atoms with E-state index in [1.807, 2.05) is 36.9 Å². The average molecular weight is 562 g/mol. The van der Waals surface area contributed by atoms with E-state index >= 15 is 0 Å². The van der Waals surface area contributed by atoms with Gasteiger partial charge in [0.15, 0.2) is 11.6 Å². The van der Waals surface area contributed by atoms with Crippen LogP contribution in [0.15, 0.2) is 52.9 Å². The second kappa shape index (κ2) is 10.8. The summed E-state index contributed by atoms with van der Waals surface area (Å²) >= 11 is 1.57. The van der Waals surface area contributed by atoms with Crippen LogP contribution in [0.4, 0.5) is 11.6 Å². The topological polar surface area (TPSA) is 112 Å². The first-order valence-electron chi connectivity index (χ1n) is 14.0. The lowest BCUT2D eigenvalue weighted by molar-refractivity contribution is -0.0414. The van der Waals surface area contributed by atoms with Crippen LogP contribution >= 0.6 is 11.8 Å². The molecule has 210 valence electrons. The zero-order valence-corrected chi connectivity index (χ0v) is 23.6. The van der Waals surface area contributed by atoms with Crippen LogP contribution in [-0.4, -0.2) is 72.7 Å². The maximum Gasteiger partial charge on any atom is 0.175 e. The number of nitrogens with two attached hydrogens (primary N) is 1. The number of rotatable bonds is 7. The number of piperidine rings is 1. The van der Waals surface area contributed by atoms with Gasteiger partial charge in [0.05, 0.1) is 29.9 Å². The van der Waals surface area contributed by atoms with Crippen molar-refractivity contribution in [2.75, 3.05) is 56.6 Å². The lowest BCUT2D eigenvalue weighted by Crippen LogP contribution is -2.44. The molecule has 4 aliphatic rings. The molecule has 40 heavy (non-hydrogen) atoms. The molecule has 0 bridgehead atoms. The van der Waals surface area contributed by atoms with Crippen LogP contribution in [0.1, 0.15) is 36.6 Å². The van der Waals surface area contributed by atoms with Crippen LogP contribution < -0.4 is 20.3 Å². The van der Waals surface area contributed by atoms with Gasteiger partial charge in [-0.3, -0.25) is 4.98 Å². The predicted molar refractivity (Wildman–Crippen MR) is 152 cm³/mol. The summed E-state index contributed by atoms with van der Waals surface area (Å²) in [7, 11) is 1.65. The van der Waals surface area contributed by atoms with Crippen molar-refractivity contribution in [1.29, 1.82) is 0 Å². The van der Waals surface area contributed by atoms with E-state index in [9.17, 15) is 0 Å². The van der Waals surface area contributed by atoms with Gasteiger partial charge in [-0.1, -0.05) is 17.8 Å². The van der Waals surface area contributed by atoms with Crippen molar-refractivity contribution in [2.45, 2.75) is 47.7 Å². The highest BCUT2D eigenvalue weighted by Gasteiger charge is 2.46. The second-order valence-corrected chi connectivity index (χ2v) is 12.4. The van der Waals surface area contributed by atoms with Crippen molar-refractivity contribution in [1.82, 2.24) is 19.9 Å². The Morgan fingerprint density at radius 3 is 2.83 bits per heavy atom. The molecule has 0 saturated carbocycles. The molecule has 3 aliphatic heterocycles. The first-order chi connectivity index (χ1) is 19.6. The van der Waals surface area contributed by atoms with Gasteiger partial charge in [-0.15, -0.1) is 0 Å². The molecule has 3 atom stereocenters. The Kier molecular flexibility index (Phi) is 6.99. The van der Waals surface area contributed by atoms with Gasteiger partial charge in [-0.2, -0.15) is 0 Å². The molecule has 2 unspecified atom stereocenters. The normalized spacial score (nSPS) is 24.5. The summed E-state index contributed by atoms with van der Waals surface area (Å²) in [5.74, 6) is 3.09. The number of anilines is 2. The van der Waals surface area contributed by atoms with E-state index in [2.05, 4.69) is 25.8 Å². The molecule has 0 amide bonds. The maximum absolute atomic E-state index is 6.72. The molecule has 10 nitrogen and oxygen atoms in total. The highest BCUT2D eigenvalue weighted by atomic mass is 32.2. The fourth-order valence-corrected chi connectivity index (χ4v) is 7.64. The number of pyridine rings is 2. The van der Waals surface area contributed by atoms with Crippen molar-refractivity contribution >= 4 is 23.4 Å². The summed E-state index contributed by atoms with van der Waals surface area (Å²) in [5, 5.41) is 0.836. The molecule has 11 heteroatoms. The van der Waals surface area contributed by atoms with Crippen molar-refractivity contribution in [3.63, 3.8) is 0 Å². The Morgan fingerprint density at radius 1 is 1.12 bits per heavy atom. The largest absolute Gasteiger partial charge is 0.486 e. The Labute approximate surface area is 238 Å². The molecule has 1 spiro atoms. The van der Waals surface area contributed by atoms with Crippen LogP contribution in [0.25, 0.3) is 0 Å². The van der Waals surface area contributed by atoms with Crippen LogP contribution in [0.2, 0.25) is 0 Å². The van der Waals surface area contributed by atoms with E-state index in [4.69, 9.17) is 29.9 Å². The molecule has 2 N–H and O–H groups in total. The molecule has 7 rings (SSSR count). The number of ether oxygens (including phenoxy) is 3. The lowest BCUT2D eigenvalue weighted by Gasteiger charge is -2.42. The number of methoxy groups -OCH3 is 1. The third kappa shape index (κ3) is 4.68. The first-order valence-corrected chi connectivity index (χ1v) is 14.8. The van der Waals surface area contributed by atoms with Gasteiger partial charge in [0.2, 0.25) is 0 Å². The average Bonchev–Trinajstić information content (AvgIpc) is 3.53. The van der Waals surface area contributed by atoms with Crippen molar-refractivity contribution < 1.29 is 14.2 Å². The summed E-state index contributed by atoms with van der Waals surface area (Å²) < 4.78 is 16.9. The molecule has 1 aliphatic carbocycles. The Morgan fingerprint density at radius 2 is 2.02 bits per heavy atom. The number of hydrogen-bond acceptors (Lipinski definition) is 11. The molecular formula is C29H35N7O3S. The first kappa shape index (κ1) is 25.9. The highest BCUT2D eigenvalue weighted by molar-refractivity contribution is 7.99. The quantitative estimate of drug-likeness (QED) is 0.338. The molecule has 2 saturated heterocycles. The van der Waals surface area contributed by atoms with E-state index in [1.54, 1.807) is 18.9 Å². The second-order valence-electron chi connectivity index (χ2n) is 11.3. The monoisotopic (exact) mass is 561 g/mol. The van der Waals surface area contributed by atoms with E-state index in [1.165, 1.54) is 11.3 Å². The molecule has 0 aromatic carbocycles. The van der Waals surface area contributed by atoms with E-state index in [0.717, 1.165) is 72.6 Å². The van der Waals surface area contributed by atoms with E-state index in [0.29, 0.717) is 32.0 Å². The number of hydrogen-bond donors (Lipinski definition) is 1. The van der Waals surface area contributed by atoms with Crippen LogP contribution in [-0.2, 0) is 15.9 Å². The van der Waals surface area contributed by atoms with Gasteiger partial charge in [-0.25, -0.2) is 15.0 Å². The van der Waals surface area contributed by atoms with Gasteiger partial charge < -0.3 is 29.7 Å². The Balaban J connectivity index is 0.994. The summed E-state index contributed by atoms with van der Waals surface area (Å²) in [6.07, 6.45) is 11.5. The van der Waals surface area contributed by atoms with Gasteiger partial charge in [0, 0.05) is 56.8 Å². The fourth-order valence-electron chi connectivity index (χ4n) is 6.83. The minimum absolute atomic E-state index is 0.0578. The lowest BCUT2D eigenvalue weighted by atomic mass is 9.73. The third-order valence-electron chi connectivity index (χ3n) is 8.95. The van der Waals surface area contributed by atoms with Crippen molar-refractivity contribution in [2.24, 2.45) is 17.1 Å². The zero-order chi connectivity index (χ0) is 27.1. The summed E-state index contributed by atoms with van der Waals surface area (Å²) in [4.78, 5) is 24.5. The summed E-state index contributed by atoms with van der Waals surface area (Å²) in [5.41, 5.74) is 9.21. The standard InChI is InChI=1S/C29H35N7O3S/c1-37-18-38-16-19-11-20-17-39-26-23(4-8-32-28(26)36(20)15-19)40-25-14-33-24(13-34-25)35-9-5-29(6-10-35)12-22-21(27(29)30)3-2-7-31-22/h2-4,7-8,13-14,19-20,27H,5-6,9-12,15-18,30H2,1H3/t19?,20?,27-/m1/s1. The number of fused-ring (bicyclic) bond motifs is 4. The van der Waals surface area contributed by atoms with Crippen LogP contribution in [0, 0.1) is 11.3 Å².